The average molecular weight is 183 g/mol. The van der Waals surface area contributed by atoms with Crippen molar-refractivity contribution in [1.29, 1.82) is 0 Å². The van der Waals surface area contributed by atoms with Crippen LogP contribution in [-0.4, -0.2) is 43.2 Å². The molecule has 2 saturated heterocycles. The van der Waals surface area contributed by atoms with Crippen molar-refractivity contribution in [2.45, 2.75) is 19.4 Å². The number of hydrogen-bond donors (Lipinski definition) is 2. The maximum atomic E-state index is 11.6. The highest BCUT2D eigenvalue weighted by atomic mass is 16.2. The molecule has 74 valence electrons. The van der Waals surface area contributed by atoms with Gasteiger partial charge in [0.2, 0.25) is 0 Å². The second kappa shape index (κ2) is 3.54. The van der Waals surface area contributed by atoms with Crippen LogP contribution in [0.2, 0.25) is 0 Å². The first-order valence-electron chi connectivity index (χ1n) is 5.08. The maximum absolute atomic E-state index is 11.6. The summed E-state index contributed by atoms with van der Waals surface area (Å²) < 4.78 is 0. The minimum atomic E-state index is 0.110. The van der Waals surface area contributed by atoms with Gasteiger partial charge in [-0.05, 0) is 19.3 Å². The zero-order valence-electron chi connectivity index (χ0n) is 8.05. The number of carbonyl (C=O) groups excluding carboxylic acids is 1. The smallest absolute Gasteiger partial charge is 0.317 e. The molecular weight excluding hydrogens is 166 g/mol. The van der Waals surface area contributed by atoms with Gasteiger partial charge in [0.1, 0.15) is 0 Å². The first-order chi connectivity index (χ1) is 6.33. The molecule has 0 bridgehead atoms. The third-order valence-electron chi connectivity index (χ3n) is 3.03. The van der Waals surface area contributed by atoms with Crippen LogP contribution in [0.25, 0.3) is 0 Å². The fourth-order valence-electron chi connectivity index (χ4n) is 2.35. The van der Waals surface area contributed by atoms with E-state index < -0.39 is 0 Å². The number of hydrogen-bond acceptors (Lipinski definition) is 2. The lowest BCUT2D eigenvalue weighted by Gasteiger charge is -2.23. The molecule has 0 aliphatic carbocycles. The van der Waals surface area contributed by atoms with Crippen molar-refractivity contribution >= 4 is 6.03 Å². The number of rotatable bonds is 1. The summed E-state index contributed by atoms with van der Waals surface area (Å²) in [6.45, 7) is 5.67. The molecule has 2 amide bonds. The lowest BCUT2D eigenvalue weighted by Crippen LogP contribution is -2.44. The first-order valence-corrected chi connectivity index (χ1v) is 5.08. The zero-order valence-corrected chi connectivity index (χ0v) is 8.05. The molecule has 2 rings (SSSR count). The quantitative estimate of drug-likeness (QED) is 0.601. The van der Waals surface area contributed by atoms with Gasteiger partial charge in [0.05, 0.1) is 0 Å². The predicted octanol–water partition coefficient (Wildman–Crippen LogP) is 0.00960. The molecule has 13 heavy (non-hydrogen) atoms. The van der Waals surface area contributed by atoms with E-state index >= 15 is 0 Å². The average Bonchev–Trinajstić information content (AvgIpc) is 2.62. The van der Waals surface area contributed by atoms with Gasteiger partial charge in [-0.1, -0.05) is 0 Å². The molecule has 0 aromatic rings. The lowest BCUT2D eigenvalue weighted by molar-refractivity contribution is 0.193. The molecule has 2 aliphatic heterocycles. The molecule has 2 fully saturated rings. The first kappa shape index (κ1) is 8.81. The molecule has 0 unspecified atom stereocenters. The van der Waals surface area contributed by atoms with Crippen molar-refractivity contribution in [3.63, 3.8) is 0 Å². The Bertz CT molecular complexity index is 207. The lowest BCUT2D eigenvalue weighted by atomic mass is 10.1. The third-order valence-corrected chi connectivity index (χ3v) is 3.03. The zero-order chi connectivity index (χ0) is 9.26. The summed E-state index contributed by atoms with van der Waals surface area (Å²) in [6.07, 6.45) is 1.16. The summed E-state index contributed by atoms with van der Waals surface area (Å²) in [6, 6.07) is 0.560. The van der Waals surface area contributed by atoms with Crippen LogP contribution in [0.4, 0.5) is 4.79 Å². The second-order valence-corrected chi connectivity index (χ2v) is 3.80. The number of nitrogens with one attached hydrogen (secondary N) is 2. The Kier molecular flexibility index (Phi) is 2.40. The third kappa shape index (κ3) is 1.50. The highest BCUT2D eigenvalue weighted by Crippen LogP contribution is 2.26. The highest BCUT2D eigenvalue weighted by molar-refractivity contribution is 5.75. The van der Waals surface area contributed by atoms with Crippen molar-refractivity contribution in [3.8, 4) is 0 Å². The van der Waals surface area contributed by atoms with Crippen molar-refractivity contribution in [2.24, 2.45) is 5.92 Å². The highest BCUT2D eigenvalue weighted by Gasteiger charge is 2.39. The monoisotopic (exact) mass is 183 g/mol. The molecule has 0 saturated carbocycles. The summed E-state index contributed by atoms with van der Waals surface area (Å²) in [5.41, 5.74) is 0. The van der Waals surface area contributed by atoms with Crippen molar-refractivity contribution in [1.82, 2.24) is 15.5 Å². The Hall–Kier alpha value is -0.770. The van der Waals surface area contributed by atoms with Crippen LogP contribution >= 0.6 is 0 Å². The van der Waals surface area contributed by atoms with E-state index in [1.165, 1.54) is 0 Å². The molecule has 0 aromatic heterocycles. The molecule has 4 nitrogen and oxygen atoms in total. The summed E-state index contributed by atoms with van der Waals surface area (Å²) in [7, 11) is 0. The number of fused-ring (bicyclic) bond motifs is 1. The normalized spacial score (nSPS) is 31.9. The van der Waals surface area contributed by atoms with E-state index in [4.69, 9.17) is 0 Å². The van der Waals surface area contributed by atoms with E-state index in [0.717, 1.165) is 32.6 Å². The summed E-state index contributed by atoms with van der Waals surface area (Å²) >= 11 is 0. The van der Waals surface area contributed by atoms with Crippen LogP contribution in [0, 0.1) is 5.92 Å². The van der Waals surface area contributed by atoms with Gasteiger partial charge in [-0.25, -0.2) is 4.79 Å². The number of likely N-dealkylation sites (tertiary alicyclic amines) is 1. The molecule has 0 spiro atoms. The number of nitrogens with zero attached hydrogens (tertiary/aromatic N) is 1. The van der Waals surface area contributed by atoms with Crippen molar-refractivity contribution in [2.75, 3.05) is 26.2 Å². The van der Waals surface area contributed by atoms with Gasteiger partial charge in [-0.15, -0.1) is 0 Å². The van der Waals surface area contributed by atoms with Crippen molar-refractivity contribution in [3.05, 3.63) is 0 Å². The van der Waals surface area contributed by atoms with Crippen LogP contribution in [0.5, 0.6) is 0 Å². The molecule has 2 N–H and O–H groups in total. The fourth-order valence-corrected chi connectivity index (χ4v) is 2.35. The van der Waals surface area contributed by atoms with Gasteiger partial charge in [-0.2, -0.15) is 0 Å². The van der Waals surface area contributed by atoms with Crippen LogP contribution in [0.15, 0.2) is 0 Å². The van der Waals surface area contributed by atoms with E-state index in [1.54, 1.807) is 0 Å². The Morgan fingerprint density at radius 3 is 3.23 bits per heavy atom. The minimum Gasteiger partial charge on any atom is -0.338 e. The Balaban J connectivity index is 1.96. The van der Waals surface area contributed by atoms with E-state index in [1.807, 2.05) is 11.8 Å². The summed E-state index contributed by atoms with van der Waals surface area (Å²) in [5, 5.41) is 6.19. The van der Waals surface area contributed by atoms with Gasteiger partial charge in [0.25, 0.3) is 0 Å². The predicted molar refractivity (Wildman–Crippen MR) is 50.5 cm³/mol. The summed E-state index contributed by atoms with van der Waals surface area (Å²) in [4.78, 5) is 13.6. The molecule has 2 aliphatic rings. The topological polar surface area (TPSA) is 44.4 Å². The van der Waals surface area contributed by atoms with Gasteiger partial charge in [0, 0.05) is 32.2 Å². The van der Waals surface area contributed by atoms with Crippen LogP contribution in [0.3, 0.4) is 0 Å². The number of carbonyl (C=O) groups is 1. The van der Waals surface area contributed by atoms with Gasteiger partial charge < -0.3 is 15.5 Å². The standard InChI is InChI=1S/C9H17N3O/c1-2-11-9(13)12-4-3-7-5-10-6-8(7)12/h7-8,10H,2-6H2,1H3,(H,11,13)/t7-,8+/m1/s1. The molecule has 2 heterocycles. The van der Waals surface area contributed by atoms with Gasteiger partial charge in [0.15, 0.2) is 0 Å². The number of amides is 2. The SMILES string of the molecule is CCNC(=O)N1CC[C@@H]2CNC[C@@H]21. The molecule has 2 atom stereocenters. The second-order valence-electron chi connectivity index (χ2n) is 3.80. The molecule has 0 aromatic carbocycles. The molecular formula is C9H17N3O. The van der Waals surface area contributed by atoms with E-state index in [0.29, 0.717) is 12.0 Å². The summed E-state index contributed by atoms with van der Waals surface area (Å²) in [5.74, 6) is 0.697. The van der Waals surface area contributed by atoms with Crippen LogP contribution in [0.1, 0.15) is 13.3 Å². The Labute approximate surface area is 78.7 Å². The Morgan fingerprint density at radius 2 is 2.46 bits per heavy atom. The van der Waals surface area contributed by atoms with Gasteiger partial charge >= 0.3 is 6.03 Å². The fraction of sp³-hybridized carbons (Fsp3) is 0.889. The Morgan fingerprint density at radius 1 is 1.62 bits per heavy atom. The molecule has 0 radical (unpaired) electrons. The van der Waals surface area contributed by atoms with E-state index in [-0.39, 0.29) is 6.03 Å². The largest absolute Gasteiger partial charge is 0.338 e. The van der Waals surface area contributed by atoms with Crippen LogP contribution < -0.4 is 10.6 Å². The number of urea groups is 1. The minimum absolute atomic E-state index is 0.110. The molecule has 4 heteroatoms. The van der Waals surface area contributed by atoms with Gasteiger partial charge in [-0.3, -0.25) is 0 Å². The maximum Gasteiger partial charge on any atom is 0.317 e. The van der Waals surface area contributed by atoms with Crippen LogP contribution in [-0.2, 0) is 0 Å². The van der Waals surface area contributed by atoms with Crippen molar-refractivity contribution < 1.29 is 4.79 Å². The van der Waals surface area contributed by atoms with E-state index in [2.05, 4.69) is 10.6 Å². The van der Waals surface area contributed by atoms with E-state index in [9.17, 15) is 4.79 Å².